The molecule has 0 radical (unpaired) electrons. The second kappa shape index (κ2) is 7.25. The maximum absolute atomic E-state index is 13.6. The van der Waals surface area contributed by atoms with Crippen LogP contribution in [0.4, 0.5) is 10.9 Å². The Balaban J connectivity index is 1.44. The standard InChI is InChI=1S/C23H27N5O3S/c1-11-20(32-23(24-11)25-13(3)29)18-6-15-8-27(12(2)14-4-5-14)22(30)19(15)21(26-18)28-9-17-7-16(28)10-31-17/h6,12,14,16-17H,4-5,7-10H2,1-3H3,(H,24,25,29). The molecule has 1 saturated carbocycles. The summed E-state index contributed by atoms with van der Waals surface area (Å²) in [5, 5.41) is 3.35. The lowest BCUT2D eigenvalue weighted by molar-refractivity contribution is -0.114. The first-order valence-electron chi connectivity index (χ1n) is 11.4. The Morgan fingerprint density at radius 1 is 1.34 bits per heavy atom. The van der Waals surface area contributed by atoms with Crippen LogP contribution in [0, 0.1) is 12.8 Å². The van der Waals surface area contributed by atoms with E-state index in [0.29, 0.717) is 24.2 Å². The number of amides is 2. The molecule has 3 aliphatic heterocycles. The number of carbonyl (C=O) groups is 2. The van der Waals surface area contributed by atoms with Crippen LogP contribution in [0.2, 0.25) is 0 Å². The summed E-state index contributed by atoms with van der Waals surface area (Å²) < 4.78 is 5.81. The molecule has 3 unspecified atom stereocenters. The molecule has 168 valence electrons. The average Bonchev–Trinajstić information content (AvgIpc) is 3.05. The van der Waals surface area contributed by atoms with E-state index in [1.165, 1.54) is 31.1 Å². The summed E-state index contributed by atoms with van der Waals surface area (Å²) in [5.74, 6) is 1.37. The summed E-state index contributed by atoms with van der Waals surface area (Å²) in [5.41, 5.74) is 3.46. The number of fused-ring (bicyclic) bond motifs is 3. The maximum Gasteiger partial charge on any atom is 0.258 e. The first kappa shape index (κ1) is 20.1. The quantitative estimate of drug-likeness (QED) is 0.748. The number of nitrogens with zero attached hydrogens (tertiary/aromatic N) is 4. The van der Waals surface area contributed by atoms with Crippen LogP contribution in [0.25, 0.3) is 10.6 Å². The monoisotopic (exact) mass is 453 g/mol. The molecule has 2 aromatic rings. The van der Waals surface area contributed by atoms with Crippen molar-refractivity contribution >= 4 is 34.1 Å². The minimum Gasteiger partial charge on any atom is -0.374 e. The fraction of sp³-hybridized carbons (Fsp3) is 0.565. The number of anilines is 2. The molecule has 1 N–H and O–H groups in total. The first-order valence-corrected chi connectivity index (χ1v) is 12.2. The van der Waals surface area contributed by atoms with Crippen molar-refractivity contribution < 1.29 is 14.3 Å². The van der Waals surface area contributed by atoms with Gasteiger partial charge in [-0.15, -0.1) is 0 Å². The molecule has 0 spiro atoms. The van der Waals surface area contributed by atoms with Crippen LogP contribution in [0.3, 0.4) is 0 Å². The number of morpholine rings is 1. The Kier molecular flexibility index (Phi) is 4.55. The first-order chi connectivity index (χ1) is 15.4. The van der Waals surface area contributed by atoms with Gasteiger partial charge in [0, 0.05) is 26.1 Å². The summed E-state index contributed by atoms with van der Waals surface area (Å²) in [7, 11) is 0. The highest BCUT2D eigenvalue weighted by molar-refractivity contribution is 7.19. The molecule has 2 saturated heterocycles. The van der Waals surface area contributed by atoms with Crippen LogP contribution in [-0.4, -0.2) is 58.0 Å². The topological polar surface area (TPSA) is 87.7 Å². The molecule has 2 bridgehead atoms. The molecule has 9 heteroatoms. The van der Waals surface area contributed by atoms with Gasteiger partial charge in [0.1, 0.15) is 5.82 Å². The Bertz CT molecular complexity index is 1130. The van der Waals surface area contributed by atoms with Gasteiger partial charge in [0.05, 0.1) is 40.6 Å². The normalized spacial score (nSPS) is 24.9. The van der Waals surface area contributed by atoms with E-state index in [0.717, 1.165) is 46.2 Å². The number of rotatable bonds is 5. The van der Waals surface area contributed by atoms with Crippen LogP contribution in [0.15, 0.2) is 6.07 Å². The highest BCUT2D eigenvalue weighted by Crippen LogP contribution is 2.44. The summed E-state index contributed by atoms with van der Waals surface area (Å²) in [6.07, 6.45) is 3.62. The molecule has 1 aliphatic carbocycles. The summed E-state index contributed by atoms with van der Waals surface area (Å²) in [6.45, 7) is 7.68. The van der Waals surface area contributed by atoms with Crippen LogP contribution in [0.1, 0.15) is 54.7 Å². The lowest BCUT2D eigenvalue weighted by Crippen LogP contribution is -2.39. The largest absolute Gasteiger partial charge is 0.374 e. The van der Waals surface area contributed by atoms with Gasteiger partial charge in [-0.25, -0.2) is 9.97 Å². The second-order valence-corrected chi connectivity index (χ2v) is 10.5. The zero-order valence-electron chi connectivity index (χ0n) is 18.6. The average molecular weight is 454 g/mol. The third-order valence-corrected chi connectivity index (χ3v) is 8.27. The van der Waals surface area contributed by atoms with Crippen molar-refractivity contribution in [2.24, 2.45) is 5.92 Å². The van der Waals surface area contributed by atoms with E-state index in [2.05, 4.69) is 28.2 Å². The van der Waals surface area contributed by atoms with Gasteiger partial charge < -0.3 is 19.9 Å². The predicted octanol–water partition coefficient (Wildman–Crippen LogP) is 3.20. The number of hydrogen-bond donors (Lipinski definition) is 1. The molecule has 2 aromatic heterocycles. The van der Waals surface area contributed by atoms with Gasteiger partial charge in [0.15, 0.2) is 5.13 Å². The van der Waals surface area contributed by atoms with Crippen LogP contribution in [-0.2, 0) is 16.1 Å². The van der Waals surface area contributed by atoms with Gasteiger partial charge in [-0.3, -0.25) is 9.59 Å². The molecule has 0 aromatic carbocycles. The van der Waals surface area contributed by atoms with Crippen molar-refractivity contribution in [3.05, 3.63) is 22.9 Å². The number of aryl methyl sites for hydroxylation is 1. The van der Waals surface area contributed by atoms with E-state index in [1.807, 2.05) is 11.8 Å². The SMILES string of the molecule is CC(=O)Nc1nc(C)c(-c2cc3c(c(N4CC5CC4CO5)n2)C(=O)N(C(C)C2CC2)C3)s1. The summed E-state index contributed by atoms with van der Waals surface area (Å²) in [6, 6.07) is 2.58. The minimum absolute atomic E-state index is 0.108. The molecule has 5 heterocycles. The van der Waals surface area contributed by atoms with Gasteiger partial charge in [-0.1, -0.05) is 11.3 Å². The molecule has 3 fully saturated rings. The van der Waals surface area contributed by atoms with Gasteiger partial charge in [0.25, 0.3) is 5.91 Å². The Morgan fingerprint density at radius 2 is 2.16 bits per heavy atom. The third kappa shape index (κ3) is 3.21. The molecule has 6 rings (SSSR count). The number of pyridine rings is 1. The minimum atomic E-state index is -0.142. The highest BCUT2D eigenvalue weighted by Gasteiger charge is 2.45. The van der Waals surface area contributed by atoms with Crippen LogP contribution >= 0.6 is 11.3 Å². The maximum atomic E-state index is 13.6. The van der Waals surface area contributed by atoms with Crippen molar-refractivity contribution in [2.45, 2.75) is 64.8 Å². The van der Waals surface area contributed by atoms with Crippen LogP contribution in [0.5, 0.6) is 0 Å². The molecule has 8 nitrogen and oxygen atoms in total. The highest BCUT2D eigenvalue weighted by atomic mass is 32.1. The van der Waals surface area contributed by atoms with Gasteiger partial charge in [-0.05, 0) is 50.7 Å². The van der Waals surface area contributed by atoms with E-state index in [-0.39, 0.29) is 30.0 Å². The number of hydrogen-bond acceptors (Lipinski definition) is 7. The fourth-order valence-corrected chi connectivity index (χ4v) is 6.30. The number of nitrogens with one attached hydrogen (secondary N) is 1. The molecule has 2 amide bonds. The van der Waals surface area contributed by atoms with Gasteiger partial charge in [0.2, 0.25) is 5.91 Å². The van der Waals surface area contributed by atoms with E-state index in [9.17, 15) is 9.59 Å². The Hall–Kier alpha value is -2.52. The Labute approximate surface area is 191 Å². The summed E-state index contributed by atoms with van der Waals surface area (Å²) in [4.78, 5) is 39.9. The smallest absolute Gasteiger partial charge is 0.258 e. The second-order valence-electron chi connectivity index (χ2n) is 9.49. The van der Waals surface area contributed by atoms with Crippen molar-refractivity contribution in [3.63, 3.8) is 0 Å². The van der Waals surface area contributed by atoms with E-state index in [1.54, 1.807) is 0 Å². The predicted molar refractivity (Wildman–Crippen MR) is 122 cm³/mol. The molecular weight excluding hydrogens is 426 g/mol. The fourth-order valence-electron chi connectivity index (χ4n) is 5.32. The van der Waals surface area contributed by atoms with Gasteiger partial charge in [-0.2, -0.15) is 0 Å². The summed E-state index contributed by atoms with van der Waals surface area (Å²) >= 11 is 1.43. The van der Waals surface area contributed by atoms with Crippen molar-refractivity contribution in [3.8, 4) is 10.6 Å². The Morgan fingerprint density at radius 3 is 2.81 bits per heavy atom. The van der Waals surface area contributed by atoms with Crippen molar-refractivity contribution in [1.29, 1.82) is 0 Å². The van der Waals surface area contributed by atoms with E-state index in [4.69, 9.17) is 9.72 Å². The molecule has 32 heavy (non-hydrogen) atoms. The number of carbonyl (C=O) groups excluding carboxylic acids is 2. The zero-order valence-corrected chi connectivity index (χ0v) is 19.4. The zero-order chi connectivity index (χ0) is 22.1. The van der Waals surface area contributed by atoms with Gasteiger partial charge >= 0.3 is 0 Å². The van der Waals surface area contributed by atoms with E-state index < -0.39 is 0 Å². The van der Waals surface area contributed by atoms with Crippen LogP contribution < -0.4 is 10.2 Å². The van der Waals surface area contributed by atoms with E-state index >= 15 is 0 Å². The number of ether oxygens (including phenoxy) is 1. The number of thiazole rings is 1. The molecule has 3 atom stereocenters. The lowest BCUT2D eigenvalue weighted by atomic mass is 10.1. The van der Waals surface area contributed by atoms with Crippen molar-refractivity contribution in [1.82, 2.24) is 14.9 Å². The molecule has 4 aliphatic rings. The lowest BCUT2D eigenvalue weighted by Gasteiger charge is -2.30. The molecular formula is C23H27N5O3S. The van der Waals surface area contributed by atoms with Crippen molar-refractivity contribution in [2.75, 3.05) is 23.4 Å². The third-order valence-electron chi connectivity index (χ3n) is 7.18. The number of aromatic nitrogens is 2.